The topological polar surface area (TPSA) is 55.0 Å². The Bertz CT molecular complexity index is 377. The number of rotatable bonds is 3. The van der Waals surface area contributed by atoms with Gasteiger partial charge in [-0.05, 0) is 19.8 Å². The molecule has 0 radical (unpaired) electrons. The molecule has 2 rings (SSSR count). The molecule has 5 heteroatoms. The van der Waals surface area contributed by atoms with E-state index in [1.54, 1.807) is 0 Å². The van der Waals surface area contributed by atoms with Gasteiger partial charge in [0.15, 0.2) is 5.82 Å². The van der Waals surface area contributed by atoms with E-state index in [9.17, 15) is 0 Å². The molecular weight excluding hydrogens is 236 g/mol. The zero-order valence-electron chi connectivity index (χ0n) is 10.2. The van der Waals surface area contributed by atoms with Crippen molar-refractivity contribution in [3.63, 3.8) is 0 Å². The highest BCUT2D eigenvalue weighted by Gasteiger charge is 2.23. The Labute approximate surface area is 107 Å². The Kier molecular flexibility index (Phi) is 4.05. The maximum atomic E-state index is 6.19. The normalized spacial score (nSPS) is 17.1. The van der Waals surface area contributed by atoms with E-state index in [0.29, 0.717) is 16.9 Å². The minimum Gasteiger partial charge on any atom is -0.382 e. The molecule has 0 bridgehead atoms. The molecular formula is C12H19ClN4. The molecule has 2 N–H and O–H groups in total. The van der Waals surface area contributed by atoms with Crippen LogP contribution in [-0.2, 0) is 0 Å². The van der Waals surface area contributed by atoms with Crippen LogP contribution in [0.3, 0.4) is 0 Å². The van der Waals surface area contributed by atoms with Crippen molar-refractivity contribution in [1.82, 2.24) is 9.97 Å². The quantitative estimate of drug-likeness (QED) is 0.901. The molecule has 1 aliphatic rings. The monoisotopic (exact) mass is 254 g/mol. The molecule has 0 aromatic carbocycles. The molecule has 1 aromatic rings. The maximum Gasteiger partial charge on any atom is 0.153 e. The fourth-order valence-electron chi connectivity index (χ4n) is 2.55. The predicted octanol–water partition coefficient (Wildman–Crippen LogP) is 2.87. The lowest BCUT2D eigenvalue weighted by Gasteiger charge is -2.34. The molecule has 4 nitrogen and oxygen atoms in total. The van der Waals surface area contributed by atoms with Crippen LogP contribution in [0.15, 0.2) is 6.33 Å². The van der Waals surface area contributed by atoms with E-state index >= 15 is 0 Å². The Morgan fingerprint density at radius 2 is 2.06 bits per heavy atom. The number of hydrogen-bond acceptors (Lipinski definition) is 4. The number of aromatic nitrogens is 2. The van der Waals surface area contributed by atoms with Gasteiger partial charge < -0.3 is 10.6 Å². The van der Waals surface area contributed by atoms with Crippen molar-refractivity contribution in [2.75, 3.05) is 17.2 Å². The van der Waals surface area contributed by atoms with Gasteiger partial charge in [-0.2, -0.15) is 0 Å². The van der Waals surface area contributed by atoms with Crippen LogP contribution in [0.25, 0.3) is 0 Å². The third kappa shape index (κ3) is 2.63. The molecule has 0 amide bonds. The van der Waals surface area contributed by atoms with E-state index in [0.717, 1.165) is 12.4 Å². The molecule has 0 saturated heterocycles. The van der Waals surface area contributed by atoms with E-state index in [1.165, 1.54) is 38.4 Å². The van der Waals surface area contributed by atoms with Crippen molar-refractivity contribution < 1.29 is 0 Å². The molecule has 0 unspecified atom stereocenters. The number of nitrogens with zero attached hydrogens (tertiary/aromatic N) is 3. The van der Waals surface area contributed by atoms with Crippen molar-refractivity contribution in [3.8, 4) is 0 Å². The summed E-state index contributed by atoms with van der Waals surface area (Å²) >= 11 is 6.19. The van der Waals surface area contributed by atoms with Crippen LogP contribution in [0.4, 0.5) is 11.6 Å². The molecule has 1 fully saturated rings. The van der Waals surface area contributed by atoms with Crippen molar-refractivity contribution in [1.29, 1.82) is 0 Å². The van der Waals surface area contributed by atoms with E-state index in [-0.39, 0.29) is 0 Å². The summed E-state index contributed by atoms with van der Waals surface area (Å²) < 4.78 is 0. The smallest absolute Gasteiger partial charge is 0.153 e. The number of nitrogens with two attached hydrogens (primary N) is 1. The van der Waals surface area contributed by atoms with Gasteiger partial charge in [-0.1, -0.05) is 30.9 Å². The number of nitrogen functional groups attached to an aromatic ring is 1. The average Bonchev–Trinajstić information content (AvgIpc) is 2.37. The molecule has 1 aliphatic carbocycles. The van der Waals surface area contributed by atoms with Gasteiger partial charge in [0.2, 0.25) is 0 Å². The molecule has 0 aliphatic heterocycles. The first kappa shape index (κ1) is 12.4. The zero-order valence-corrected chi connectivity index (χ0v) is 11.0. The first-order valence-corrected chi connectivity index (χ1v) is 6.64. The zero-order chi connectivity index (χ0) is 12.3. The standard InChI is InChI=1S/C12H19ClN4/c1-2-17(9-6-4-3-5-7-9)12-10(13)11(14)15-8-16-12/h8-9H,2-7H2,1H3,(H2,14,15,16). The first-order chi connectivity index (χ1) is 8.24. The Balaban J connectivity index is 2.24. The fourth-order valence-corrected chi connectivity index (χ4v) is 2.75. The molecule has 17 heavy (non-hydrogen) atoms. The highest BCUT2D eigenvalue weighted by Crippen LogP contribution is 2.32. The van der Waals surface area contributed by atoms with E-state index < -0.39 is 0 Å². The summed E-state index contributed by atoms with van der Waals surface area (Å²) in [6.07, 6.45) is 7.84. The lowest BCUT2D eigenvalue weighted by molar-refractivity contribution is 0.416. The van der Waals surface area contributed by atoms with Crippen molar-refractivity contribution >= 4 is 23.2 Å². The highest BCUT2D eigenvalue weighted by atomic mass is 35.5. The van der Waals surface area contributed by atoms with Crippen LogP contribution in [0.1, 0.15) is 39.0 Å². The average molecular weight is 255 g/mol. The predicted molar refractivity (Wildman–Crippen MR) is 71.3 cm³/mol. The van der Waals surface area contributed by atoms with E-state index in [2.05, 4.69) is 21.8 Å². The van der Waals surface area contributed by atoms with Crippen LogP contribution in [-0.4, -0.2) is 22.6 Å². The maximum absolute atomic E-state index is 6.19. The van der Waals surface area contributed by atoms with E-state index in [1.807, 2.05) is 0 Å². The van der Waals surface area contributed by atoms with Crippen LogP contribution in [0.5, 0.6) is 0 Å². The summed E-state index contributed by atoms with van der Waals surface area (Å²) in [4.78, 5) is 10.5. The Morgan fingerprint density at radius 3 is 2.71 bits per heavy atom. The van der Waals surface area contributed by atoms with Crippen LogP contribution >= 0.6 is 11.6 Å². The van der Waals surface area contributed by atoms with Crippen LogP contribution in [0.2, 0.25) is 5.02 Å². The van der Waals surface area contributed by atoms with Crippen LogP contribution < -0.4 is 10.6 Å². The third-order valence-corrected chi connectivity index (χ3v) is 3.79. The van der Waals surface area contributed by atoms with Gasteiger partial charge in [-0.3, -0.25) is 0 Å². The summed E-state index contributed by atoms with van der Waals surface area (Å²) in [6.45, 7) is 3.03. The van der Waals surface area contributed by atoms with Gasteiger partial charge in [-0.25, -0.2) is 9.97 Å². The van der Waals surface area contributed by atoms with Gasteiger partial charge in [-0.15, -0.1) is 0 Å². The molecule has 0 atom stereocenters. The first-order valence-electron chi connectivity index (χ1n) is 6.26. The Morgan fingerprint density at radius 1 is 1.35 bits per heavy atom. The van der Waals surface area contributed by atoms with Gasteiger partial charge >= 0.3 is 0 Å². The lowest BCUT2D eigenvalue weighted by atomic mass is 9.94. The second kappa shape index (κ2) is 5.54. The summed E-state index contributed by atoms with van der Waals surface area (Å²) in [6, 6.07) is 0.542. The summed E-state index contributed by atoms with van der Waals surface area (Å²) in [5, 5.41) is 0.486. The van der Waals surface area contributed by atoms with Crippen molar-refractivity contribution in [2.45, 2.75) is 45.1 Å². The fraction of sp³-hybridized carbons (Fsp3) is 0.667. The van der Waals surface area contributed by atoms with Crippen LogP contribution in [0, 0.1) is 0 Å². The lowest BCUT2D eigenvalue weighted by Crippen LogP contribution is -2.37. The number of halogens is 1. The second-order valence-corrected chi connectivity index (χ2v) is 4.85. The minimum atomic E-state index is 0.367. The van der Waals surface area contributed by atoms with Crippen molar-refractivity contribution in [2.24, 2.45) is 0 Å². The molecule has 0 spiro atoms. The molecule has 1 saturated carbocycles. The number of hydrogen-bond donors (Lipinski definition) is 1. The number of anilines is 2. The molecule has 1 heterocycles. The van der Waals surface area contributed by atoms with E-state index in [4.69, 9.17) is 17.3 Å². The Hall–Kier alpha value is -1.03. The summed E-state index contributed by atoms with van der Waals surface area (Å²) in [5.41, 5.74) is 5.73. The highest BCUT2D eigenvalue weighted by molar-refractivity contribution is 6.35. The summed E-state index contributed by atoms with van der Waals surface area (Å²) in [5.74, 6) is 1.15. The third-order valence-electron chi connectivity index (χ3n) is 3.43. The van der Waals surface area contributed by atoms with Crippen molar-refractivity contribution in [3.05, 3.63) is 11.3 Å². The largest absolute Gasteiger partial charge is 0.382 e. The minimum absolute atomic E-state index is 0.367. The molecule has 94 valence electrons. The summed E-state index contributed by atoms with van der Waals surface area (Å²) in [7, 11) is 0. The van der Waals surface area contributed by atoms with Gasteiger partial charge in [0.05, 0.1) is 0 Å². The van der Waals surface area contributed by atoms with Gasteiger partial charge in [0, 0.05) is 12.6 Å². The van der Waals surface area contributed by atoms with Gasteiger partial charge in [0.25, 0.3) is 0 Å². The van der Waals surface area contributed by atoms with Gasteiger partial charge in [0.1, 0.15) is 17.2 Å². The molecule has 1 aromatic heterocycles. The SMILES string of the molecule is CCN(c1ncnc(N)c1Cl)C1CCCCC1. The second-order valence-electron chi connectivity index (χ2n) is 4.47.